The Labute approximate surface area is 191 Å². The smallest absolute Gasteiger partial charge is 0.0782 e. The molecule has 0 spiro atoms. The van der Waals surface area contributed by atoms with Gasteiger partial charge in [0.1, 0.15) is 0 Å². The van der Waals surface area contributed by atoms with Gasteiger partial charge in [-0.15, -0.1) is 0 Å². The Morgan fingerprint density at radius 1 is 0.414 bits per heavy atom. The SMILES string of the molecule is CCCCCCCCCCCCCC[N+](C)(C)CCCCCCCCCCCS. The van der Waals surface area contributed by atoms with Crippen molar-refractivity contribution < 1.29 is 4.48 Å². The van der Waals surface area contributed by atoms with E-state index in [9.17, 15) is 0 Å². The van der Waals surface area contributed by atoms with Gasteiger partial charge >= 0.3 is 0 Å². The normalized spacial score (nSPS) is 12.0. The van der Waals surface area contributed by atoms with E-state index in [-0.39, 0.29) is 0 Å². The van der Waals surface area contributed by atoms with Crippen LogP contribution in [-0.4, -0.2) is 37.4 Å². The van der Waals surface area contributed by atoms with Gasteiger partial charge in [0.2, 0.25) is 0 Å². The van der Waals surface area contributed by atoms with Crippen molar-refractivity contribution in [1.82, 2.24) is 0 Å². The minimum atomic E-state index is 1.06. The van der Waals surface area contributed by atoms with Crippen LogP contribution in [0.3, 0.4) is 0 Å². The molecule has 2 heteroatoms. The highest BCUT2D eigenvalue weighted by molar-refractivity contribution is 7.80. The number of hydrogen-bond acceptors (Lipinski definition) is 1. The highest BCUT2D eigenvalue weighted by Gasteiger charge is 2.13. The summed E-state index contributed by atoms with van der Waals surface area (Å²) < 4.78 is 1.24. The van der Waals surface area contributed by atoms with E-state index in [0.29, 0.717) is 0 Å². The predicted molar refractivity (Wildman–Crippen MR) is 138 cm³/mol. The number of unbranched alkanes of at least 4 members (excludes halogenated alkanes) is 19. The van der Waals surface area contributed by atoms with Crippen molar-refractivity contribution >= 4 is 12.6 Å². The van der Waals surface area contributed by atoms with Crippen LogP contribution in [0, 0.1) is 0 Å². The maximum Gasteiger partial charge on any atom is 0.0782 e. The molecule has 0 N–H and O–H groups in total. The molecule has 0 amide bonds. The van der Waals surface area contributed by atoms with Gasteiger partial charge < -0.3 is 4.48 Å². The fraction of sp³-hybridized carbons (Fsp3) is 1.00. The van der Waals surface area contributed by atoms with Crippen LogP contribution >= 0.6 is 12.6 Å². The summed E-state index contributed by atoms with van der Waals surface area (Å²) in [4.78, 5) is 0. The molecule has 0 aliphatic carbocycles. The van der Waals surface area contributed by atoms with Crippen LogP contribution in [0.2, 0.25) is 0 Å². The van der Waals surface area contributed by atoms with E-state index in [1.807, 2.05) is 0 Å². The number of thiol groups is 1. The van der Waals surface area contributed by atoms with Crippen LogP contribution in [0.1, 0.15) is 142 Å². The molecule has 0 saturated heterocycles. The minimum Gasteiger partial charge on any atom is -0.328 e. The van der Waals surface area contributed by atoms with Crippen molar-refractivity contribution in [3.8, 4) is 0 Å². The second-order valence-electron chi connectivity index (χ2n) is 10.2. The Kier molecular flexibility index (Phi) is 23.2. The standard InChI is InChI=1S/C27H57NS/c1-4-5-6-7-8-9-10-11-13-16-19-22-25-28(2,3)26-23-20-17-14-12-15-18-21-24-27-29/h4-27H2,1-3H3/p+1. The predicted octanol–water partition coefficient (Wildman–Crippen LogP) is 9.20. The molecule has 0 aromatic heterocycles. The van der Waals surface area contributed by atoms with Crippen LogP contribution in [0.15, 0.2) is 0 Å². The highest BCUT2D eigenvalue weighted by atomic mass is 32.1. The van der Waals surface area contributed by atoms with Gasteiger partial charge in [-0.2, -0.15) is 12.6 Å². The average molecular weight is 429 g/mol. The van der Waals surface area contributed by atoms with E-state index < -0.39 is 0 Å². The molecule has 0 radical (unpaired) electrons. The summed E-state index contributed by atoms with van der Waals surface area (Å²) in [6.45, 7) is 5.05. The molecule has 1 nitrogen and oxygen atoms in total. The van der Waals surface area contributed by atoms with Crippen molar-refractivity contribution in [2.24, 2.45) is 0 Å². The van der Waals surface area contributed by atoms with Gasteiger partial charge in [0.15, 0.2) is 0 Å². The van der Waals surface area contributed by atoms with E-state index in [4.69, 9.17) is 0 Å². The van der Waals surface area contributed by atoms with E-state index in [2.05, 4.69) is 33.6 Å². The Morgan fingerprint density at radius 3 is 1.00 bits per heavy atom. The lowest BCUT2D eigenvalue weighted by Gasteiger charge is -2.30. The molecule has 0 bridgehead atoms. The molecule has 0 aliphatic heterocycles. The quantitative estimate of drug-likeness (QED) is 0.0883. The van der Waals surface area contributed by atoms with Crippen LogP contribution in [-0.2, 0) is 0 Å². The van der Waals surface area contributed by atoms with Gasteiger partial charge in [-0.3, -0.25) is 0 Å². The van der Waals surface area contributed by atoms with Gasteiger partial charge in [0.25, 0.3) is 0 Å². The largest absolute Gasteiger partial charge is 0.328 e. The van der Waals surface area contributed by atoms with Gasteiger partial charge in [-0.05, 0) is 37.9 Å². The lowest BCUT2D eigenvalue weighted by molar-refractivity contribution is -0.890. The molecule has 0 saturated carbocycles. The van der Waals surface area contributed by atoms with Crippen molar-refractivity contribution in [2.75, 3.05) is 32.9 Å². The molecule has 176 valence electrons. The molecule has 0 aromatic rings. The molecular formula is C27H58NS+. The van der Waals surface area contributed by atoms with E-state index in [1.165, 1.54) is 152 Å². The summed E-state index contributed by atoms with van der Waals surface area (Å²) in [6.07, 6.45) is 30.2. The molecule has 29 heavy (non-hydrogen) atoms. The third-order valence-corrected chi connectivity index (χ3v) is 6.85. The van der Waals surface area contributed by atoms with Crippen molar-refractivity contribution in [1.29, 1.82) is 0 Å². The fourth-order valence-corrected chi connectivity index (χ4v) is 4.61. The highest BCUT2D eigenvalue weighted by Crippen LogP contribution is 2.14. The molecule has 0 atom stereocenters. The van der Waals surface area contributed by atoms with Crippen molar-refractivity contribution in [3.05, 3.63) is 0 Å². The van der Waals surface area contributed by atoms with Crippen LogP contribution < -0.4 is 0 Å². The third-order valence-electron chi connectivity index (χ3n) is 6.54. The molecule has 0 aliphatic rings. The summed E-state index contributed by atoms with van der Waals surface area (Å²) in [6, 6.07) is 0. The Morgan fingerprint density at radius 2 is 0.690 bits per heavy atom. The first kappa shape index (κ1) is 29.3. The minimum absolute atomic E-state index is 1.06. The maximum atomic E-state index is 4.28. The zero-order valence-corrected chi connectivity index (χ0v) is 21.8. The topological polar surface area (TPSA) is 0 Å². The number of quaternary nitrogens is 1. The lowest BCUT2D eigenvalue weighted by atomic mass is 10.0. The lowest BCUT2D eigenvalue weighted by Crippen LogP contribution is -2.41. The summed E-state index contributed by atoms with van der Waals surface area (Å²) in [7, 11) is 4.89. The van der Waals surface area contributed by atoms with Crippen molar-refractivity contribution in [3.63, 3.8) is 0 Å². The summed E-state index contributed by atoms with van der Waals surface area (Å²) >= 11 is 4.28. The van der Waals surface area contributed by atoms with Crippen LogP contribution in [0.5, 0.6) is 0 Å². The molecular weight excluding hydrogens is 370 g/mol. The number of rotatable bonds is 24. The van der Waals surface area contributed by atoms with Crippen LogP contribution in [0.25, 0.3) is 0 Å². The zero-order chi connectivity index (χ0) is 21.5. The maximum absolute atomic E-state index is 4.28. The Hall–Kier alpha value is 0.310. The first-order valence-corrected chi connectivity index (χ1v) is 14.2. The molecule has 0 heterocycles. The summed E-state index contributed by atoms with van der Waals surface area (Å²) in [5.41, 5.74) is 0. The van der Waals surface area contributed by atoms with E-state index in [1.54, 1.807) is 0 Å². The second-order valence-corrected chi connectivity index (χ2v) is 10.6. The average Bonchev–Trinajstić information content (AvgIpc) is 2.70. The van der Waals surface area contributed by atoms with Crippen LogP contribution in [0.4, 0.5) is 0 Å². The zero-order valence-electron chi connectivity index (χ0n) is 20.9. The fourth-order valence-electron chi connectivity index (χ4n) is 4.38. The second kappa shape index (κ2) is 23.0. The van der Waals surface area contributed by atoms with E-state index in [0.717, 1.165) is 5.75 Å². The third kappa shape index (κ3) is 24.5. The number of nitrogens with zero attached hydrogens (tertiary/aromatic N) is 1. The number of hydrogen-bond donors (Lipinski definition) is 1. The van der Waals surface area contributed by atoms with Crippen molar-refractivity contribution in [2.45, 2.75) is 142 Å². The monoisotopic (exact) mass is 428 g/mol. The molecule has 0 fully saturated rings. The van der Waals surface area contributed by atoms with Gasteiger partial charge in [0.05, 0.1) is 27.2 Å². The Bertz CT molecular complexity index is 303. The van der Waals surface area contributed by atoms with E-state index >= 15 is 0 Å². The molecule has 0 aromatic carbocycles. The van der Waals surface area contributed by atoms with Gasteiger partial charge in [-0.25, -0.2) is 0 Å². The molecule has 0 unspecified atom stereocenters. The first-order valence-electron chi connectivity index (χ1n) is 13.6. The molecule has 0 rings (SSSR count). The summed E-state index contributed by atoms with van der Waals surface area (Å²) in [5, 5.41) is 0. The Balaban J connectivity index is 3.30. The first-order chi connectivity index (χ1) is 14.1. The van der Waals surface area contributed by atoms with Gasteiger partial charge in [0, 0.05) is 0 Å². The summed E-state index contributed by atoms with van der Waals surface area (Å²) in [5.74, 6) is 1.06. The van der Waals surface area contributed by atoms with Gasteiger partial charge in [-0.1, -0.05) is 110 Å².